The van der Waals surface area contributed by atoms with Gasteiger partial charge >= 0.3 is 0 Å². The number of carbonyl (C=O) groups excluding carboxylic acids is 1. The van der Waals surface area contributed by atoms with Crippen LogP contribution in [0.4, 0.5) is 5.69 Å². The number of methoxy groups -OCH3 is 1. The SMILES string of the molecule is CCCC(=O)N1CCC2(CC1)C[C@H](Nc1cccc(OC)c1)CO2. The number of hydrogen-bond donors (Lipinski definition) is 1. The molecule has 2 heterocycles. The van der Waals surface area contributed by atoms with Crippen molar-refractivity contribution in [3.8, 4) is 5.75 Å². The molecule has 0 radical (unpaired) electrons. The fourth-order valence-electron chi connectivity index (χ4n) is 3.77. The van der Waals surface area contributed by atoms with Crippen molar-refractivity contribution in [2.45, 2.75) is 50.7 Å². The van der Waals surface area contributed by atoms with E-state index in [0.717, 1.165) is 56.8 Å². The summed E-state index contributed by atoms with van der Waals surface area (Å²) < 4.78 is 11.5. The molecule has 5 heteroatoms. The first-order valence-electron chi connectivity index (χ1n) is 8.96. The predicted octanol–water partition coefficient (Wildman–Crippen LogP) is 3.06. The van der Waals surface area contributed by atoms with Crippen molar-refractivity contribution in [3.05, 3.63) is 24.3 Å². The molecular weight excluding hydrogens is 304 g/mol. The zero-order chi connectivity index (χ0) is 17.0. The Bertz CT molecular complexity index is 567. The molecule has 0 aromatic heterocycles. The number of nitrogens with zero attached hydrogens (tertiary/aromatic N) is 1. The summed E-state index contributed by atoms with van der Waals surface area (Å²) in [7, 11) is 1.68. The molecule has 1 spiro atoms. The Kier molecular flexibility index (Phi) is 5.29. The molecule has 0 aliphatic carbocycles. The van der Waals surface area contributed by atoms with E-state index in [1.54, 1.807) is 7.11 Å². The minimum absolute atomic E-state index is 0.0560. The Morgan fingerprint density at radius 1 is 1.42 bits per heavy atom. The fourth-order valence-corrected chi connectivity index (χ4v) is 3.77. The van der Waals surface area contributed by atoms with Crippen LogP contribution in [0.1, 0.15) is 39.0 Å². The Hall–Kier alpha value is -1.75. The molecular formula is C19H28N2O3. The van der Waals surface area contributed by atoms with Crippen molar-refractivity contribution in [3.63, 3.8) is 0 Å². The van der Waals surface area contributed by atoms with Gasteiger partial charge in [0.05, 0.1) is 25.4 Å². The summed E-state index contributed by atoms with van der Waals surface area (Å²) in [5, 5.41) is 3.56. The van der Waals surface area contributed by atoms with E-state index in [-0.39, 0.29) is 11.5 Å². The zero-order valence-corrected chi connectivity index (χ0v) is 14.7. The van der Waals surface area contributed by atoms with Gasteiger partial charge in [-0.1, -0.05) is 13.0 Å². The third kappa shape index (κ3) is 3.83. The number of hydrogen-bond acceptors (Lipinski definition) is 4. The molecule has 1 amide bonds. The highest BCUT2D eigenvalue weighted by atomic mass is 16.5. The molecule has 2 aliphatic heterocycles. The number of ether oxygens (including phenoxy) is 2. The van der Waals surface area contributed by atoms with Crippen molar-refractivity contribution in [2.75, 3.05) is 32.1 Å². The van der Waals surface area contributed by atoms with Gasteiger partial charge in [-0.2, -0.15) is 0 Å². The number of piperidine rings is 1. The van der Waals surface area contributed by atoms with E-state index >= 15 is 0 Å². The van der Waals surface area contributed by atoms with Crippen LogP contribution in [0.15, 0.2) is 24.3 Å². The van der Waals surface area contributed by atoms with Crippen LogP contribution in [-0.4, -0.2) is 49.3 Å². The molecule has 0 unspecified atom stereocenters. The number of nitrogens with one attached hydrogen (secondary N) is 1. The lowest BCUT2D eigenvalue weighted by Gasteiger charge is -2.38. The first kappa shape index (κ1) is 17.1. The Balaban J connectivity index is 1.53. The molecule has 2 saturated heterocycles. The molecule has 1 atom stereocenters. The van der Waals surface area contributed by atoms with E-state index < -0.39 is 0 Å². The number of benzene rings is 1. The van der Waals surface area contributed by atoms with Gasteiger partial charge in [-0.3, -0.25) is 4.79 Å². The second-order valence-electron chi connectivity index (χ2n) is 6.90. The van der Waals surface area contributed by atoms with Crippen LogP contribution < -0.4 is 10.1 Å². The van der Waals surface area contributed by atoms with E-state index in [1.807, 2.05) is 23.1 Å². The third-order valence-corrected chi connectivity index (χ3v) is 5.14. The second kappa shape index (κ2) is 7.43. The van der Waals surface area contributed by atoms with E-state index in [9.17, 15) is 4.79 Å². The standard InChI is InChI=1S/C19H28N2O3/c1-3-5-18(22)21-10-8-19(9-11-21)13-16(14-24-19)20-15-6-4-7-17(12-15)23-2/h4,6-7,12,16,20H,3,5,8-11,13-14H2,1-2H3/t16-/m0/s1. The highest BCUT2D eigenvalue weighted by molar-refractivity contribution is 5.76. The molecule has 24 heavy (non-hydrogen) atoms. The summed E-state index contributed by atoms with van der Waals surface area (Å²) >= 11 is 0. The van der Waals surface area contributed by atoms with Gasteiger partial charge < -0.3 is 19.7 Å². The van der Waals surface area contributed by atoms with Gasteiger partial charge in [0, 0.05) is 31.3 Å². The molecule has 0 bridgehead atoms. The normalized spacial score (nSPS) is 22.6. The van der Waals surface area contributed by atoms with Crippen molar-refractivity contribution >= 4 is 11.6 Å². The van der Waals surface area contributed by atoms with Crippen molar-refractivity contribution < 1.29 is 14.3 Å². The number of carbonyl (C=O) groups is 1. The molecule has 1 aromatic rings. The average molecular weight is 332 g/mol. The van der Waals surface area contributed by atoms with Crippen molar-refractivity contribution in [1.29, 1.82) is 0 Å². The second-order valence-corrected chi connectivity index (χ2v) is 6.90. The van der Waals surface area contributed by atoms with Gasteiger partial charge in [-0.25, -0.2) is 0 Å². The van der Waals surface area contributed by atoms with Gasteiger partial charge in [0.25, 0.3) is 0 Å². The van der Waals surface area contributed by atoms with Crippen LogP contribution in [-0.2, 0) is 9.53 Å². The van der Waals surface area contributed by atoms with Crippen molar-refractivity contribution in [2.24, 2.45) is 0 Å². The van der Waals surface area contributed by atoms with Gasteiger partial charge in [-0.15, -0.1) is 0 Å². The maximum Gasteiger partial charge on any atom is 0.222 e. The number of rotatable bonds is 5. The highest BCUT2D eigenvalue weighted by Crippen LogP contribution is 2.37. The molecule has 1 aromatic carbocycles. The first-order valence-corrected chi connectivity index (χ1v) is 8.96. The topological polar surface area (TPSA) is 50.8 Å². The zero-order valence-electron chi connectivity index (χ0n) is 14.7. The summed E-state index contributed by atoms with van der Waals surface area (Å²) in [4.78, 5) is 14.0. The van der Waals surface area contributed by atoms with Gasteiger partial charge in [0.15, 0.2) is 0 Å². The Morgan fingerprint density at radius 2 is 2.21 bits per heavy atom. The predicted molar refractivity (Wildman–Crippen MR) is 94.4 cm³/mol. The Labute approximate surface area is 144 Å². The van der Waals surface area contributed by atoms with E-state index in [2.05, 4.69) is 18.3 Å². The molecule has 0 saturated carbocycles. The highest BCUT2D eigenvalue weighted by Gasteiger charge is 2.43. The van der Waals surface area contributed by atoms with Crippen LogP contribution in [0.3, 0.4) is 0 Å². The lowest BCUT2D eigenvalue weighted by Crippen LogP contribution is -2.46. The quantitative estimate of drug-likeness (QED) is 0.900. The summed E-state index contributed by atoms with van der Waals surface area (Å²) in [6.45, 7) is 4.42. The van der Waals surface area contributed by atoms with E-state index in [4.69, 9.17) is 9.47 Å². The smallest absolute Gasteiger partial charge is 0.222 e. The van der Waals surface area contributed by atoms with Crippen LogP contribution in [0.2, 0.25) is 0 Å². The number of anilines is 1. The van der Waals surface area contributed by atoms with Gasteiger partial charge in [0.1, 0.15) is 5.75 Å². The monoisotopic (exact) mass is 332 g/mol. The molecule has 1 N–H and O–H groups in total. The molecule has 5 nitrogen and oxygen atoms in total. The minimum atomic E-state index is -0.0560. The van der Waals surface area contributed by atoms with Crippen molar-refractivity contribution in [1.82, 2.24) is 4.90 Å². The van der Waals surface area contributed by atoms with E-state index in [1.165, 1.54) is 0 Å². The first-order chi connectivity index (χ1) is 11.6. The van der Waals surface area contributed by atoms with Crippen LogP contribution in [0.5, 0.6) is 5.75 Å². The third-order valence-electron chi connectivity index (χ3n) is 5.14. The lowest BCUT2D eigenvalue weighted by molar-refractivity contribution is -0.136. The van der Waals surface area contributed by atoms with Crippen LogP contribution in [0.25, 0.3) is 0 Å². The van der Waals surface area contributed by atoms with Gasteiger partial charge in [0.2, 0.25) is 5.91 Å². The Morgan fingerprint density at radius 3 is 2.92 bits per heavy atom. The lowest BCUT2D eigenvalue weighted by atomic mass is 9.87. The molecule has 3 rings (SSSR count). The van der Waals surface area contributed by atoms with Crippen LogP contribution >= 0.6 is 0 Å². The molecule has 132 valence electrons. The average Bonchev–Trinajstić information content (AvgIpc) is 2.98. The summed E-state index contributed by atoms with van der Waals surface area (Å²) in [5.74, 6) is 1.15. The summed E-state index contributed by atoms with van der Waals surface area (Å²) in [6.07, 6.45) is 4.47. The number of likely N-dealkylation sites (tertiary alicyclic amines) is 1. The molecule has 2 fully saturated rings. The van der Waals surface area contributed by atoms with E-state index in [0.29, 0.717) is 12.5 Å². The largest absolute Gasteiger partial charge is 0.497 e. The number of amides is 1. The minimum Gasteiger partial charge on any atom is -0.497 e. The maximum atomic E-state index is 12.0. The maximum absolute atomic E-state index is 12.0. The van der Waals surface area contributed by atoms with Gasteiger partial charge in [-0.05, 0) is 37.8 Å². The summed E-state index contributed by atoms with van der Waals surface area (Å²) in [5.41, 5.74) is 1.01. The van der Waals surface area contributed by atoms with Crippen LogP contribution in [0, 0.1) is 0 Å². The molecule has 2 aliphatic rings. The fraction of sp³-hybridized carbons (Fsp3) is 0.632. The summed E-state index contributed by atoms with van der Waals surface area (Å²) in [6, 6.07) is 8.32.